The molecule has 1 N–H and O–H groups in total. The Morgan fingerprint density at radius 3 is 3.20 bits per heavy atom. The van der Waals surface area contributed by atoms with Gasteiger partial charge in [0.05, 0.1) is 5.52 Å². The standard InChI is InChI=1S/C6H4ClN3/c7-6-5-4(9-10-6)2-1-3-8-5/h1-3H,(H,9,10). The summed E-state index contributed by atoms with van der Waals surface area (Å²) in [5, 5.41) is 6.94. The third kappa shape index (κ3) is 0.675. The summed E-state index contributed by atoms with van der Waals surface area (Å²) >= 11 is 5.67. The molecule has 0 atom stereocenters. The van der Waals surface area contributed by atoms with Gasteiger partial charge in [0.1, 0.15) is 5.52 Å². The second-order valence-electron chi connectivity index (χ2n) is 1.91. The van der Waals surface area contributed by atoms with E-state index in [0.29, 0.717) is 5.15 Å². The molecular weight excluding hydrogens is 150 g/mol. The van der Waals surface area contributed by atoms with Crippen molar-refractivity contribution in [2.75, 3.05) is 0 Å². The predicted octanol–water partition coefficient (Wildman–Crippen LogP) is 1.61. The zero-order valence-electron chi connectivity index (χ0n) is 5.00. The average molecular weight is 154 g/mol. The molecule has 0 aromatic carbocycles. The molecule has 2 rings (SSSR count). The lowest BCUT2D eigenvalue weighted by Crippen LogP contribution is -1.70. The van der Waals surface area contributed by atoms with Crippen LogP contribution in [0.4, 0.5) is 0 Å². The van der Waals surface area contributed by atoms with E-state index in [-0.39, 0.29) is 0 Å². The number of hydrogen-bond donors (Lipinski definition) is 1. The molecule has 50 valence electrons. The van der Waals surface area contributed by atoms with Gasteiger partial charge in [-0.05, 0) is 12.1 Å². The Kier molecular flexibility index (Phi) is 1.11. The van der Waals surface area contributed by atoms with E-state index in [1.54, 1.807) is 6.20 Å². The van der Waals surface area contributed by atoms with E-state index >= 15 is 0 Å². The third-order valence-electron chi connectivity index (χ3n) is 1.28. The van der Waals surface area contributed by atoms with Crippen molar-refractivity contribution in [2.24, 2.45) is 0 Å². The Morgan fingerprint density at radius 1 is 1.50 bits per heavy atom. The molecule has 0 radical (unpaired) electrons. The van der Waals surface area contributed by atoms with E-state index in [0.717, 1.165) is 11.0 Å². The van der Waals surface area contributed by atoms with Crippen molar-refractivity contribution in [1.82, 2.24) is 15.2 Å². The molecule has 2 aromatic heterocycles. The summed E-state index contributed by atoms with van der Waals surface area (Å²) in [5.74, 6) is 0. The lowest BCUT2D eigenvalue weighted by Gasteiger charge is -1.82. The van der Waals surface area contributed by atoms with Gasteiger partial charge in [-0.2, -0.15) is 5.10 Å². The fourth-order valence-corrected chi connectivity index (χ4v) is 1.02. The van der Waals surface area contributed by atoms with E-state index in [2.05, 4.69) is 15.2 Å². The van der Waals surface area contributed by atoms with Crippen molar-refractivity contribution in [3.63, 3.8) is 0 Å². The van der Waals surface area contributed by atoms with Gasteiger partial charge < -0.3 is 0 Å². The highest BCUT2D eigenvalue weighted by Gasteiger charge is 2.00. The van der Waals surface area contributed by atoms with Gasteiger partial charge in [-0.3, -0.25) is 10.1 Å². The lowest BCUT2D eigenvalue weighted by atomic mass is 10.4. The summed E-state index contributed by atoms with van der Waals surface area (Å²) in [5.41, 5.74) is 1.59. The van der Waals surface area contributed by atoms with Crippen molar-refractivity contribution in [3.05, 3.63) is 23.5 Å². The number of fused-ring (bicyclic) bond motifs is 1. The fourth-order valence-electron chi connectivity index (χ4n) is 0.822. The van der Waals surface area contributed by atoms with E-state index < -0.39 is 0 Å². The maximum absolute atomic E-state index is 5.67. The molecule has 0 aliphatic carbocycles. The number of nitrogens with zero attached hydrogens (tertiary/aromatic N) is 2. The summed E-state index contributed by atoms with van der Waals surface area (Å²) in [6.07, 6.45) is 1.68. The fraction of sp³-hybridized carbons (Fsp3) is 0. The van der Waals surface area contributed by atoms with Gasteiger partial charge in [-0.1, -0.05) is 11.6 Å². The van der Waals surface area contributed by atoms with Crippen LogP contribution in [-0.4, -0.2) is 15.2 Å². The Labute approximate surface area is 62.0 Å². The minimum absolute atomic E-state index is 0.426. The first-order valence-corrected chi connectivity index (χ1v) is 3.20. The Balaban J connectivity index is 2.93. The lowest BCUT2D eigenvalue weighted by molar-refractivity contribution is 1.12. The second-order valence-corrected chi connectivity index (χ2v) is 2.27. The maximum Gasteiger partial charge on any atom is 0.177 e. The zero-order valence-corrected chi connectivity index (χ0v) is 5.76. The third-order valence-corrected chi connectivity index (χ3v) is 1.54. The molecule has 0 aliphatic rings. The molecule has 10 heavy (non-hydrogen) atoms. The normalized spacial score (nSPS) is 10.5. The minimum atomic E-state index is 0.426. The summed E-state index contributed by atoms with van der Waals surface area (Å²) in [6.45, 7) is 0. The molecule has 2 heterocycles. The number of H-pyrrole nitrogens is 1. The molecule has 4 heteroatoms. The molecule has 0 amide bonds. The van der Waals surface area contributed by atoms with Crippen molar-refractivity contribution in [2.45, 2.75) is 0 Å². The van der Waals surface area contributed by atoms with Gasteiger partial charge in [0.15, 0.2) is 5.15 Å². The van der Waals surface area contributed by atoms with E-state index in [9.17, 15) is 0 Å². The topological polar surface area (TPSA) is 41.6 Å². The number of pyridine rings is 1. The van der Waals surface area contributed by atoms with E-state index in [4.69, 9.17) is 11.6 Å². The van der Waals surface area contributed by atoms with Crippen LogP contribution < -0.4 is 0 Å². The molecule has 0 saturated carbocycles. The van der Waals surface area contributed by atoms with Crippen LogP contribution in [0, 0.1) is 0 Å². The Bertz CT molecular complexity index is 355. The minimum Gasteiger partial charge on any atom is -0.275 e. The quantitative estimate of drug-likeness (QED) is 0.625. The predicted molar refractivity (Wildman–Crippen MR) is 38.9 cm³/mol. The van der Waals surface area contributed by atoms with Crippen molar-refractivity contribution in [3.8, 4) is 0 Å². The smallest absolute Gasteiger partial charge is 0.177 e. The maximum atomic E-state index is 5.67. The number of nitrogens with one attached hydrogen (secondary N) is 1. The molecule has 3 nitrogen and oxygen atoms in total. The summed E-state index contributed by atoms with van der Waals surface area (Å²) in [4.78, 5) is 4.02. The monoisotopic (exact) mass is 153 g/mol. The van der Waals surface area contributed by atoms with Crippen LogP contribution in [0.1, 0.15) is 0 Å². The van der Waals surface area contributed by atoms with Crippen LogP contribution in [0.5, 0.6) is 0 Å². The van der Waals surface area contributed by atoms with Gasteiger partial charge in [0.25, 0.3) is 0 Å². The van der Waals surface area contributed by atoms with Gasteiger partial charge >= 0.3 is 0 Å². The molecular formula is C6H4ClN3. The van der Waals surface area contributed by atoms with Crippen LogP contribution in [0.15, 0.2) is 18.3 Å². The Hall–Kier alpha value is -1.09. The number of aromatic amines is 1. The van der Waals surface area contributed by atoms with Crippen LogP contribution >= 0.6 is 11.6 Å². The highest BCUT2D eigenvalue weighted by molar-refractivity contribution is 6.33. The van der Waals surface area contributed by atoms with Crippen molar-refractivity contribution < 1.29 is 0 Å². The first kappa shape index (κ1) is 5.68. The van der Waals surface area contributed by atoms with Crippen LogP contribution in [0.3, 0.4) is 0 Å². The van der Waals surface area contributed by atoms with Crippen molar-refractivity contribution >= 4 is 22.6 Å². The van der Waals surface area contributed by atoms with Crippen LogP contribution in [0.25, 0.3) is 11.0 Å². The number of aromatic nitrogens is 3. The van der Waals surface area contributed by atoms with Gasteiger partial charge in [-0.15, -0.1) is 0 Å². The van der Waals surface area contributed by atoms with Gasteiger partial charge in [0.2, 0.25) is 0 Å². The Morgan fingerprint density at radius 2 is 2.40 bits per heavy atom. The highest BCUT2D eigenvalue weighted by atomic mass is 35.5. The van der Waals surface area contributed by atoms with Gasteiger partial charge in [-0.25, -0.2) is 0 Å². The molecule has 0 saturated heterocycles. The molecule has 2 aromatic rings. The molecule has 0 bridgehead atoms. The highest BCUT2D eigenvalue weighted by Crippen LogP contribution is 2.15. The first-order valence-electron chi connectivity index (χ1n) is 2.82. The number of halogens is 1. The van der Waals surface area contributed by atoms with Crippen molar-refractivity contribution in [1.29, 1.82) is 0 Å². The van der Waals surface area contributed by atoms with E-state index in [1.807, 2.05) is 12.1 Å². The first-order chi connectivity index (χ1) is 4.88. The molecule has 0 aliphatic heterocycles. The second kappa shape index (κ2) is 1.95. The zero-order chi connectivity index (χ0) is 6.97. The molecule has 0 spiro atoms. The number of rotatable bonds is 0. The SMILES string of the molecule is Clc1n[nH]c2cccnc12. The number of hydrogen-bond acceptors (Lipinski definition) is 2. The largest absolute Gasteiger partial charge is 0.275 e. The molecule has 0 fully saturated rings. The summed E-state index contributed by atoms with van der Waals surface area (Å²) in [7, 11) is 0. The van der Waals surface area contributed by atoms with Gasteiger partial charge in [0, 0.05) is 6.20 Å². The molecule has 0 unspecified atom stereocenters. The van der Waals surface area contributed by atoms with E-state index in [1.165, 1.54) is 0 Å². The van der Waals surface area contributed by atoms with Crippen LogP contribution in [-0.2, 0) is 0 Å². The van der Waals surface area contributed by atoms with Crippen LogP contribution in [0.2, 0.25) is 5.15 Å². The summed E-state index contributed by atoms with van der Waals surface area (Å²) in [6, 6.07) is 3.71. The average Bonchev–Trinajstić information content (AvgIpc) is 2.34. The summed E-state index contributed by atoms with van der Waals surface area (Å²) < 4.78 is 0.